The number of carbonyl (C=O) groups excluding carboxylic acids is 2. The number of carbonyl (C=O) groups is 4. The van der Waals surface area contributed by atoms with Gasteiger partial charge in [-0.1, -0.05) is 12.5 Å². The number of fused-ring (bicyclic) bond motifs is 3. The molecule has 2 unspecified atom stereocenters. The van der Waals surface area contributed by atoms with Crippen LogP contribution in [0, 0.1) is 11.8 Å². The molecule has 0 radical (unpaired) electrons. The Labute approximate surface area is 295 Å². The first-order valence-electron chi connectivity index (χ1n) is 16.2. The second-order valence-electron chi connectivity index (χ2n) is 12.5. The third kappa shape index (κ3) is 8.13. The highest BCUT2D eigenvalue weighted by atomic mass is 32.2. The smallest absolute Gasteiger partial charge is 0.336 e. The summed E-state index contributed by atoms with van der Waals surface area (Å²) in [5.41, 5.74) is 5.03. The van der Waals surface area contributed by atoms with Gasteiger partial charge in [0.1, 0.15) is 17.1 Å². The number of nitrogens with zero attached hydrogens (tertiary/aromatic N) is 1. The fraction of sp³-hybridized carbons (Fsp3) is 0.333. The molecule has 0 spiro atoms. The predicted octanol–water partition coefficient (Wildman–Crippen LogP) is 5.90. The number of anilines is 1. The van der Waals surface area contributed by atoms with Crippen molar-refractivity contribution in [3.63, 3.8) is 0 Å². The summed E-state index contributed by atoms with van der Waals surface area (Å²) in [5.74, 6) is -0.526. The van der Waals surface area contributed by atoms with Gasteiger partial charge in [0.2, 0.25) is 11.8 Å². The van der Waals surface area contributed by atoms with Gasteiger partial charge >= 0.3 is 11.9 Å². The molecule has 6 rings (SSSR count). The van der Waals surface area contributed by atoms with Gasteiger partial charge in [-0.2, -0.15) is 16.9 Å². The second kappa shape index (κ2) is 15.4. The minimum Gasteiger partial charge on any atom is -0.508 e. The van der Waals surface area contributed by atoms with Gasteiger partial charge in [0.25, 0.3) is 0 Å². The van der Waals surface area contributed by atoms with Crippen molar-refractivity contribution in [2.45, 2.75) is 43.8 Å². The van der Waals surface area contributed by atoms with Crippen molar-refractivity contribution in [2.24, 2.45) is 16.9 Å². The topological polar surface area (TPSA) is 196 Å². The van der Waals surface area contributed by atoms with E-state index in [9.17, 15) is 34.2 Å². The average Bonchev–Trinajstić information content (AvgIpc) is 3.65. The fourth-order valence-corrected chi connectivity index (χ4v) is 9.12. The first-order valence-corrected chi connectivity index (χ1v) is 18.4. The molecular formula is C36H35N3O9S2. The number of aliphatic carboxylic acids is 1. The summed E-state index contributed by atoms with van der Waals surface area (Å²) in [7, 11) is 0. The Morgan fingerprint density at radius 1 is 0.940 bits per heavy atom. The van der Waals surface area contributed by atoms with Gasteiger partial charge in [-0.05, 0) is 85.2 Å². The summed E-state index contributed by atoms with van der Waals surface area (Å²) in [4.78, 5) is 60.5. The highest BCUT2D eigenvalue weighted by molar-refractivity contribution is 8.00. The third-order valence-electron chi connectivity index (χ3n) is 8.99. The van der Waals surface area contributed by atoms with Crippen LogP contribution in [-0.2, 0) is 14.4 Å². The van der Waals surface area contributed by atoms with Crippen molar-refractivity contribution >= 4 is 69.6 Å². The Morgan fingerprint density at radius 2 is 1.74 bits per heavy atom. The number of aromatic hydroxyl groups is 1. The number of unbranched alkanes of at least 4 members (excludes halogenated alkanes) is 1. The normalized spacial score (nSPS) is 19.1. The third-order valence-corrected chi connectivity index (χ3v) is 11.6. The quantitative estimate of drug-likeness (QED) is 0.0628. The molecule has 3 atom stereocenters. The van der Waals surface area contributed by atoms with E-state index in [1.54, 1.807) is 24.3 Å². The molecule has 14 heteroatoms. The summed E-state index contributed by atoms with van der Waals surface area (Å²) in [5, 5.41) is 37.1. The van der Waals surface area contributed by atoms with Crippen LogP contribution in [0.2, 0.25) is 0 Å². The zero-order valence-electron chi connectivity index (χ0n) is 26.8. The number of aromatic carboxylic acids is 1. The maximum atomic E-state index is 12.7. The number of carboxylic acids is 2. The Hall–Kier alpha value is -4.82. The molecule has 2 aromatic rings. The molecule has 2 heterocycles. The van der Waals surface area contributed by atoms with E-state index in [2.05, 4.69) is 15.8 Å². The summed E-state index contributed by atoms with van der Waals surface area (Å²) >= 11 is 3.06. The predicted molar refractivity (Wildman–Crippen MR) is 193 cm³/mol. The number of carboxylic acid groups (broad SMARTS) is 2. The molecule has 4 aliphatic rings. The van der Waals surface area contributed by atoms with Gasteiger partial charge in [0.05, 0.1) is 17.1 Å². The summed E-state index contributed by atoms with van der Waals surface area (Å²) in [6.45, 7) is 0. The van der Waals surface area contributed by atoms with Crippen LogP contribution in [0.15, 0.2) is 68.9 Å². The van der Waals surface area contributed by atoms with Crippen LogP contribution in [0.5, 0.6) is 5.75 Å². The van der Waals surface area contributed by atoms with E-state index in [0.717, 1.165) is 48.9 Å². The van der Waals surface area contributed by atoms with E-state index in [0.29, 0.717) is 45.6 Å². The molecule has 0 aromatic heterocycles. The molecule has 1 saturated carbocycles. The fourth-order valence-electron chi connectivity index (χ4n) is 6.75. The van der Waals surface area contributed by atoms with Crippen LogP contribution < -0.4 is 16.2 Å². The lowest BCUT2D eigenvalue weighted by molar-refractivity contribution is -0.137. The molecule has 2 amide bonds. The van der Waals surface area contributed by atoms with Crippen molar-refractivity contribution in [1.29, 1.82) is 0 Å². The van der Waals surface area contributed by atoms with Crippen LogP contribution in [0.4, 0.5) is 5.69 Å². The largest absolute Gasteiger partial charge is 0.508 e. The molecule has 5 N–H and O–H groups in total. The first kappa shape index (κ1) is 35.0. The van der Waals surface area contributed by atoms with Crippen LogP contribution in [0.1, 0.15) is 48.9 Å². The van der Waals surface area contributed by atoms with Gasteiger partial charge in [0, 0.05) is 51.7 Å². The SMILES string of the molecule is O=C(O)CCCC[C@@H]1SCC2C/C(=N/NC(=O)CSCC(=O)Nc3ccc(-c4c5ccc(=O)cc-5oc5cc(O)ccc45)c(C(=O)O)c3)CC21. The molecule has 12 nitrogen and oxygen atoms in total. The molecule has 50 heavy (non-hydrogen) atoms. The molecular weight excluding hydrogens is 683 g/mol. The Morgan fingerprint density at radius 3 is 2.54 bits per heavy atom. The molecule has 2 fully saturated rings. The highest BCUT2D eigenvalue weighted by Gasteiger charge is 2.42. The van der Waals surface area contributed by atoms with Gasteiger partial charge in [-0.25, -0.2) is 10.2 Å². The van der Waals surface area contributed by atoms with Gasteiger partial charge in [-0.15, -0.1) is 11.8 Å². The van der Waals surface area contributed by atoms with E-state index in [1.807, 2.05) is 11.8 Å². The summed E-state index contributed by atoms with van der Waals surface area (Å²) < 4.78 is 5.86. The lowest BCUT2D eigenvalue weighted by atomic mass is 9.90. The molecule has 0 bridgehead atoms. The number of phenols is 1. The minimum atomic E-state index is -1.24. The van der Waals surface area contributed by atoms with Gasteiger partial charge in [-0.3, -0.25) is 19.2 Å². The molecule has 260 valence electrons. The minimum absolute atomic E-state index is 0.0122. The number of thioether (sulfide) groups is 2. The molecule has 2 aromatic carbocycles. The standard InChI is InChI=1S/C36H35N3O9S2/c40-22-6-9-25-29(14-22)48-30-15-23(41)7-10-26(30)35(25)24-8-5-20(12-28(24)36(46)47)37-32(42)17-49-18-33(43)39-38-21-11-19-16-50-31(27(19)13-21)3-1-2-4-34(44)45/h5-10,12,14-15,19,27,31,40H,1-4,11,13,16-18H2,(H,37,42)(H,39,43)(H,44,45)(H,46,47)/b38-21-/t19?,27?,31-/m0/s1. The molecule has 2 aliphatic carbocycles. The average molecular weight is 718 g/mol. The van der Waals surface area contributed by atoms with Crippen molar-refractivity contribution < 1.29 is 38.9 Å². The van der Waals surface area contributed by atoms with E-state index in [1.165, 1.54) is 30.3 Å². The van der Waals surface area contributed by atoms with Crippen molar-refractivity contribution in [1.82, 2.24) is 5.43 Å². The Bertz CT molecular complexity index is 2030. The zero-order chi connectivity index (χ0) is 35.4. The summed E-state index contributed by atoms with van der Waals surface area (Å²) in [6, 6.07) is 13.2. The number of benzene rings is 3. The van der Waals surface area contributed by atoms with E-state index >= 15 is 0 Å². The monoisotopic (exact) mass is 717 g/mol. The Balaban J connectivity index is 1.04. The molecule has 1 saturated heterocycles. The zero-order valence-corrected chi connectivity index (χ0v) is 28.5. The molecule has 2 aliphatic heterocycles. The van der Waals surface area contributed by atoms with Crippen LogP contribution in [-0.4, -0.2) is 67.3 Å². The number of hydrogen-bond acceptors (Lipinski definition) is 10. The second-order valence-corrected chi connectivity index (χ2v) is 14.7. The van der Waals surface area contributed by atoms with Crippen molar-refractivity contribution in [3.8, 4) is 28.2 Å². The number of rotatable bonds is 13. The number of amides is 2. The van der Waals surface area contributed by atoms with E-state index < -0.39 is 17.8 Å². The lowest BCUT2D eigenvalue weighted by Crippen LogP contribution is -2.23. The lowest BCUT2D eigenvalue weighted by Gasteiger charge is -2.17. The van der Waals surface area contributed by atoms with Crippen LogP contribution >= 0.6 is 23.5 Å². The number of hydrogen-bond donors (Lipinski definition) is 5. The Kier molecular flexibility index (Phi) is 10.8. The van der Waals surface area contributed by atoms with E-state index in [-0.39, 0.29) is 57.6 Å². The number of hydrazone groups is 1. The maximum Gasteiger partial charge on any atom is 0.336 e. The first-order chi connectivity index (χ1) is 24.0. The van der Waals surface area contributed by atoms with Gasteiger partial charge in [0.15, 0.2) is 5.43 Å². The van der Waals surface area contributed by atoms with Crippen molar-refractivity contribution in [2.75, 3.05) is 22.6 Å². The maximum absolute atomic E-state index is 12.7. The van der Waals surface area contributed by atoms with Crippen LogP contribution in [0.3, 0.4) is 0 Å². The summed E-state index contributed by atoms with van der Waals surface area (Å²) in [6.07, 6.45) is 4.44. The number of phenolic OH excluding ortho intramolecular Hbond substituents is 1. The van der Waals surface area contributed by atoms with Crippen LogP contribution in [0.25, 0.3) is 33.4 Å². The van der Waals surface area contributed by atoms with E-state index in [4.69, 9.17) is 9.52 Å². The van der Waals surface area contributed by atoms with Crippen molar-refractivity contribution in [3.05, 3.63) is 70.4 Å². The number of nitrogens with one attached hydrogen (secondary N) is 2. The highest BCUT2D eigenvalue weighted by Crippen LogP contribution is 2.48. The van der Waals surface area contributed by atoms with Gasteiger partial charge < -0.3 is 25.1 Å².